The van der Waals surface area contributed by atoms with E-state index in [4.69, 9.17) is 5.73 Å². The molecular weight excluding hydrogens is 324 g/mol. The molecule has 1 heterocycles. The summed E-state index contributed by atoms with van der Waals surface area (Å²) in [6.07, 6.45) is 0. The third-order valence-corrected chi connectivity index (χ3v) is 4.01. The second kappa shape index (κ2) is 6.76. The van der Waals surface area contributed by atoms with Crippen LogP contribution in [0.4, 0.5) is 14.5 Å². The minimum absolute atomic E-state index is 0.00210. The number of halogens is 2. The highest BCUT2D eigenvalue weighted by atomic mass is 19.1. The molecule has 0 saturated carbocycles. The summed E-state index contributed by atoms with van der Waals surface area (Å²) in [5.74, 6) is -1.72. The summed E-state index contributed by atoms with van der Waals surface area (Å²) in [7, 11) is 0. The zero-order valence-electron chi connectivity index (χ0n) is 13.6. The van der Waals surface area contributed by atoms with Gasteiger partial charge in [-0.05, 0) is 31.2 Å². The quantitative estimate of drug-likeness (QED) is 0.657. The lowest BCUT2D eigenvalue weighted by Gasteiger charge is -2.12. The molecule has 128 valence electrons. The van der Waals surface area contributed by atoms with Crippen LogP contribution < -0.4 is 11.1 Å². The highest BCUT2D eigenvalue weighted by molar-refractivity contribution is 5.96. The van der Waals surface area contributed by atoms with Crippen molar-refractivity contribution in [1.82, 2.24) is 4.98 Å². The lowest BCUT2D eigenvalue weighted by molar-refractivity contribution is 0.1000. The van der Waals surface area contributed by atoms with E-state index in [1.54, 1.807) is 19.1 Å². The van der Waals surface area contributed by atoms with Gasteiger partial charge >= 0.3 is 0 Å². The van der Waals surface area contributed by atoms with Gasteiger partial charge in [0.2, 0.25) is 0 Å². The number of primary amides is 1. The average molecular weight is 341 g/mol. The Hall–Kier alpha value is -3.15. The fourth-order valence-electron chi connectivity index (χ4n) is 2.72. The van der Waals surface area contributed by atoms with Crippen molar-refractivity contribution < 1.29 is 13.6 Å². The van der Waals surface area contributed by atoms with Gasteiger partial charge in [-0.1, -0.05) is 24.3 Å². The second-order valence-electron chi connectivity index (χ2n) is 5.69. The van der Waals surface area contributed by atoms with Gasteiger partial charge in [0.1, 0.15) is 11.6 Å². The highest BCUT2D eigenvalue weighted by Crippen LogP contribution is 2.29. The van der Waals surface area contributed by atoms with E-state index in [0.29, 0.717) is 22.6 Å². The molecule has 0 aliphatic heterocycles. The predicted octanol–water partition coefficient (Wildman–Crippen LogP) is 3.98. The van der Waals surface area contributed by atoms with Gasteiger partial charge in [0.25, 0.3) is 5.91 Å². The Morgan fingerprint density at radius 3 is 2.44 bits per heavy atom. The van der Waals surface area contributed by atoms with Crippen LogP contribution in [-0.2, 0) is 6.54 Å². The molecule has 0 aliphatic rings. The number of nitrogens with one attached hydrogen (secondary N) is 2. The molecule has 4 nitrogen and oxygen atoms in total. The summed E-state index contributed by atoms with van der Waals surface area (Å²) < 4.78 is 27.6. The van der Waals surface area contributed by atoms with Crippen molar-refractivity contribution in [2.45, 2.75) is 13.5 Å². The van der Waals surface area contributed by atoms with E-state index in [1.807, 2.05) is 18.2 Å². The van der Waals surface area contributed by atoms with E-state index in [-0.39, 0.29) is 12.1 Å². The number of rotatable bonds is 5. The smallest absolute Gasteiger partial charge is 0.250 e. The molecule has 0 atom stereocenters. The Bertz CT molecular complexity index is 914. The molecule has 25 heavy (non-hydrogen) atoms. The number of carbonyl (C=O) groups excluding carboxylic acids is 1. The summed E-state index contributed by atoms with van der Waals surface area (Å²) in [5, 5.41) is 3.05. The largest absolute Gasteiger partial charge is 0.380 e. The van der Waals surface area contributed by atoms with E-state index < -0.39 is 17.5 Å². The third kappa shape index (κ3) is 3.38. The van der Waals surface area contributed by atoms with Crippen LogP contribution in [0, 0.1) is 18.6 Å². The Morgan fingerprint density at radius 2 is 1.80 bits per heavy atom. The number of para-hydroxylation sites is 1. The molecule has 0 radical (unpaired) electrons. The molecule has 2 aromatic carbocycles. The molecule has 0 aliphatic carbocycles. The van der Waals surface area contributed by atoms with Gasteiger partial charge in [-0.15, -0.1) is 0 Å². The minimum Gasteiger partial charge on any atom is -0.380 e. The van der Waals surface area contributed by atoms with E-state index in [1.165, 1.54) is 18.2 Å². The summed E-state index contributed by atoms with van der Waals surface area (Å²) in [6.45, 7) is 1.76. The molecule has 0 spiro atoms. The Morgan fingerprint density at radius 1 is 1.12 bits per heavy atom. The lowest BCUT2D eigenvalue weighted by Crippen LogP contribution is -2.10. The van der Waals surface area contributed by atoms with Crippen molar-refractivity contribution in [1.29, 1.82) is 0 Å². The van der Waals surface area contributed by atoms with Gasteiger partial charge in [0.05, 0.1) is 5.56 Å². The fraction of sp³-hybridized carbons (Fsp3) is 0.105. The first-order chi connectivity index (χ1) is 12.0. The highest BCUT2D eigenvalue weighted by Gasteiger charge is 2.14. The van der Waals surface area contributed by atoms with E-state index in [2.05, 4.69) is 10.3 Å². The van der Waals surface area contributed by atoms with E-state index in [9.17, 15) is 13.6 Å². The summed E-state index contributed by atoms with van der Waals surface area (Å²) in [6, 6.07) is 12.7. The number of aryl methyl sites for hydroxylation is 1. The summed E-state index contributed by atoms with van der Waals surface area (Å²) in [4.78, 5) is 14.6. The molecule has 1 amide bonds. The minimum atomic E-state index is -0.600. The van der Waals surface area contributed by atoms with Crippen molar-refractivity contribution >= 4 is 11.6 Å². The maximum Gasteiger partial charge on any atom is 0.250 e. The molecule has 3 rings (SSSR count). The van der Waals surface area contributed by atoms with Gasteiger partial charge in [0, 0.05) is 34.7 Å². The van der Waals surface area contributed by atoms with Crippen LogP contribution >= 0.6 is 0 Å². The monoisotopic (exact) mass is 341 g/mol. The Kier molecular flexibility index (Phi) is 4.52. The summed E-state index contributed by atoms with van der Waals surface area (Å²) >= 11 is 0. The van der Waals surface area contributed by atoms with Crippen LogP contribution in [-0.4, -0.2) is 10.9 Å². The molecule has 0 unspecified atom stereocenters. The van der Waals surface area contributed by atoms with Crippen LogP contribution in [0.5, 0.6) is 0 Å². The number of carbonyl (C=O) groups is 1. The zero-order chi connectivity index (χ0) is 18.0. The van der Waals surface area contributed by atoms with Crippen LogP contribution in [0.2, 0.25) is 0 Å². The molecule has 0 bridgehead atoms. The van der Waals surface area contributed by atoms with Gasteiger partial charge in [-0.3, -0.25) is 4.79 Å². The van der Waals surface area contributed by atoms with Crippen molar-refractivity contribution in [3.8, 4) is 11.3 Å². The topological polar surface area (TPSA) is 70.9 Å². The molecule has 0 fully saturated rings. The number of benzene rings is 2. The van der Waals surface area contributed by atoms with Crippen molar-refractivity contribution in [3.63, 3.8) is 0 Å². The second-order valence-corrected chi connectivity index (χ2v) is 5.69. The molecule has 1 aromatic heterocycles. The summed E-state index contributed by atoms with van der Waals surface area (Å²) in [5.41, 5.74) is 8.55. The Balaban J connectivity index is 1.92. The standard InChI is InChI=1S/C19H17F2N3O/c1-11-13(19(22)25)9-18(24-11)12-5-2-3-8-17(12)23-10-14-15(20)6-4-7-16(14)21/h2-9,23-24H,10H2,1H3,(H2,22,25). The molecule has 6 heteroatoms. The normalized spacial score (nSPS) is 10.7. The number of aromatic nitrogens is 1. The van der Waals surface area contributed by atoms with Crippen molar-refractivity contribution in [2.24, 2.45) is 5.73 Å². The number of anilines is 1. The SMILES string of the molecule is Cc1[nH]c(-c2ccccc2NCc2c(F)cccc2F)cc1C(N)=O. The first kappa shape index (κ1) is 16.7. The van der Waals surface area contributed by atoms with Crippen LogP contribution in [0.3, 0.4) is 0 Å². The molecule has 0 saturated heterocycles. The van der Waals surface area contributed by atoms with Gasteiger partial charge < -0.3 is 16.0 Å². The number of hydrogen-bond acceptors (Lipinski definition) is 2. The number of amides is 1. The van der Waals surface area contributed by atoms with Gasteiger partial charge in [-0.25, -0.2) is 8.78 Å². The third-order valence-electron chi connectivity index (χ3n) is 4.01. The molecule has 4 N–H and O–H groups in total. The van der Waals surface area contributed by atoms with Crippen LogP contribution in [0.15, 0.2) is 48.5 Å². The lowest BCUT2D eigenvalue weighted by atomic mass is 10.1. The van der Waals surface area contributed by atoms with Crippen molar-refractivity contribution in [2.75, 3.05) is 5.32 Å². The fourth-order valence-corrected chi connectivity index (χ4v) is 2.72. The number of hydrogen-bond donors (Lipinski definition) is 3. The molecular formula is C19H17F2N3O. The zero-order valence-corrected chi connectivity index (χ0v) is 13.6. The van der Waals surface area contributed by atoms with Gasteiger partial charge in [0.15, 0.2) is 0 Å². The van der Waals surface area contributed by atoms with Crippen LogP contribution in [0.25, 0.3) is 11.3 Å². The maximum absolute atomic E-state index is 13.8. The van der Waals surface area contributed by atoms with E-state index in [0.717, 1.165) is 5.56 Å². The van der Waals surface area contributed by atoms with E-state index >= 15 is 0 Å². The van der Waals surface area contributed by atoms with Crippen LogP contribution in [0.1, 0.15) is 21.6 Å². The maximum atomic E-state index is 13.8. The van der Waals surface area contributed by atoms with Crippen molar-refractivity contribution in [3.05, 3.63) is 77.0 Å². The number of nitrogens with two attached hydrogens (primary N) is 1. The Labute approximate surface area is 143 Å². The first-order valence-electron chi connectivity index (χ1n) is 7.73. The number of aromatic amines is 1. The van der Waals surface area contributed by atoms with Gasteiger partial charge in [-0.2, -0.15) is 0 Å². The average Bonchev–Trinajstić information content (AvgIpc) is 2.97. The first-order valence-corrected chi connectivity index (χ1v) is 7.73. The number of H-pyrrole nitrogens is 1. The molecule has 3 aromatic rings. The predicted molar refractivity (Wildman–Crippen MR) is 93.2 cm³/mol.